The highest BCUT2D eigenvalue weighted by Gasteiger charge is 2.36. The minimum Gasteiger partial charge on any atom is -0.480 e. The van der Waals surface area contributed by atoms with Crippen LogP contribution in [0.2, 0.25) is 0 Å². The highest BCUT2D eigenvalue weighted by molar-refractivity contribution is 8.07. The Morgan fingerprint density at radius 2 is 1.92 bits per heavy atom. The molecule has 138 valence electrons. The summed E-state index contributed by atoms with van der Waals surface area (Å²) in [7, 11) is -3.23. The first-order valence-corrected chi connectivity index (χ1v) is 11.9. The van der Waals surface area contributed by atoms with Crippen molar-refractivity contribution in [3.05, 3.63) is 0 Å². The maximum Gasteiger partial charge on any atom is 0.323 e. The number of thioether (sulfide) groups is 2. The number of hydrogen-bond donors (Lipinski definition) is 1. The van der Waals surface area contributed by atoms with E-state index in [0.717, 1.165) is 11.5 Å². The van der Waals surface area contributed by atoms with Crippen molar-refractivity contribution in [2.24, 2.45) is 0 Å². The number of hydrogen-bond acceptors (Lipinski definition) is 6. The van der Waals surface area contributed by atoms with E-state index in [4.69, 9.17) is 5.11 Å². The van der Waals surface area contributed by atoms with Crippen LogP contribution in [0.5, 0.6) is 0 Å². The zero-order chi connectivity index (χ0) is 17.7. The Bertz CT molecular complexity index is 555. The minimum absolute atomic E-state index is 0.0609. The third-order valence-electron chi connectivity index (χ3n) is 4.30. The van der Waals surface area contributed by atoms with E-state index in [1.54, 1.807) is 30.4 Å². The summed E-state index contributed by atoms with van der Waals surface area (Å²) in [5.41, 5.74) is 0. The van der Waals surface area contributed by atoms with E-state index in [1.807, 2.05) is 0 Å². The summed E-state index contributed by atoms with van der Waals surface area (Å²) in [5.74, 6) is 1.54. The number of aliphatic carboxylic acids is 1. The van der Waals surface area contributed by atoms with Crippen LogP contribution in [0.15, 0.2) is 0 Å². The van der Waals surface area contributed by atoms with Crippen LogP contribution in [-0.2, 0) is 19.6 Å². The predicted molar refractivity (Wildman–Crippen MR) is 97.0 cm³/mol. The normalized spacial score (nSPS) is 23.8. The van der Waals surface area contributed by atoms with E-state index < -0.39 is 16.0 Å². The van der Waals surface area contributed by atoms with E-state index in [2.05, 4.69) is 0 Å². The highest BCUT2D eigenvalue weighted by Crippen LogP contribution is 2.28. The zero-order valence-electron chi connectivity index (χ0n) is 13.7. The van der Waals surface area contributed by atoms with Crippen LogP contribution in [0, 0.1) is 0 Å². The van der Waals surface area contributed by atoms with Gasteiger partial charge in [-0.3, -0.25) is 9.59 Å². The van der Waals surface area contributed by atoms with Crippen LogP contribution in [0.1, 0.15) is 19.8 Å². The van der Waals surface area contributed by atoms with Crippen LogP contribution >= 0.6 is 23.5 Å². The van der Waals surface area contributed by atoms with Crippen LogP contribution in [0.3, 0.4) is 0 Å². The van der Waals surface area contributed by atoms with Gasteiger partial charge in [0.25, 0.3) is 0 Å². The fourth-order valence-electron chi connectivity index (χ4n) is 2.96. The summed E-state index contributed by atoms with van der Waals surface area (Å²) in [6, 6.07) is -0.204. The maximum atomic E-state index is 12.8. The number of sulfonamides is 1. The number of piperidine rings is 1. The van der Waals surface area contributed by atoms with E-state index in [-0.39, 0.29) is 29.5 Å². The van der Waals surface area contributed by atoms with Gasteiger partial charge in [-0.25, -0.2) is 12.7 Å². The summed E-state index contributed by atoms with van der Waals surface area (Å²) in [6.45, 7) is 1.99. The lowest BCUT2D eigenvalue weighted by molar-refractivity contribution is -0.146. The molecule has 0 saturated carbocycles. The third kappa shape index (κ3) is 5.03. The topological polar surface area (TPSA) is 95.0 Å². The summed E-state index contributed by atoms with van der Waals surface area (Å²) >= 11 is 3.31. The maximum absolute atomic E-state index is 12.8. The van der Waals surface area contributed by atoms with E-state index in [9.17, 15) is 18.0 Å². The van der Waals surface area contributed by atoms with Gasteiger partial charge in [-0.05, 0) is 19.8 Å². The molecule has 24 heavy (non-hydrogen) atoms. The quantitative estimate of drug-likeness (QED) is 0.701. The lowest BCUT2D eigenvalue weighted by Crippen LogP contribution is -2.53. The Hall–Kier alpha value is -0.450. The smallest absolute Gasteiger partial charge is 0.323 e. The van der Waals surface area contributed by atoms with Crippen LogP contribution in [0.25, 0.3) is 0 Å². The number of carboxylic acids is 1. The van der Waals surface area contributed by atoms with Gasteiger partial charge in [-0.1, -0.05) is 0 Å². The lowest BCUT2D eigenvalue weighted by atomic mass is 10.0. The predicted octanol–water partition coefficient (Wildman–Crippen LogP) is 0.562. The monoisotopic (exact) mass is 396 g/mol. The number of rotatable bonds is 6. The van der Waals surface area contributed by atoms with E-state index in [1.165, 1.54) is 9.21 Å². The summed E-state index contributed by atoms with van der Waals surface area (Å²) in [6.07, 6.45) is 0.978. The highest BCUT2D eigenvalue weighted by atomic mass is 32.2. The Kier molecular flexibility index (Phi) is 7.26. The number of carboxylic acid groups (broad SMARTS) is 1. The average Bonchev–Trinajstić information content (AvgIpc) is 2.60. The zero-order valence-corrected chi connectivity index (χ0v) is 16.2. The van der Waals surface area contributed by atoms with Crippen molar-refractivity contribution in [2.75, 3.05) is 42.6 Å². The molecule has 1 N–H and O–H groups in total. The fourth-order valence-corrected chi connectivity index (χ4v) is 6.71. The molecule has 0 aromatic carbocycles. The molecule has 7 nitrogen and oxygen atoms in total. The molecule has 0 spiro atoms. The second kappa shape index (κ2) is 8.77. The molecule has 1 unspecified atom stereocenters. The van der Waals surface area contributed by atoms with Gasteiger partial charge in [-0.2, -0.15) is 11.8 Å². The van der Waals surface area contributed by atoms with Gasteiger partial charge >= 0.3 is 5.97 Å². The average molecular weight is 397 g/mol. The van der Waals surface area contributed by atoms with Gasteiger partial charge in [0.2, 0.25) is 15.9 Å². The van der Waals surface area contributed by atoms with Gasteiger partial charge in [-0.15, -0.1) is 11.8 Å². The van der Waals surface area contributed by atoms with Gasteiger partial charge in [0, 0.05) is 36.4 Å². The molecule has 0 aromatic heterocycles. The first-order valence-electron chi connectivity index (χ1n) is 8.04. The Morgan fingerprint density at radius 3 is 2.42 bits per heavy atom. The van der Waals surface area contributed by atoms with E-state index >= 15 is 0 Å². The fraction of sp³-hybridized carbons (Fsp3) is 0.857. The molecular weight excluding hydrogens is 372 g/mol. The Morgan fingerprint density at radius 1 is 1.25 bits per heavy atom. The molecule has 2 saturated heterocycles. The lowest BCUT2D eigenvalue weighted by Gasteiger charge is -2.39. The summed E-state index contributed by atoms with van der Waals surface area (Å²) in [5, 5.41) is 8.97. The van der Waals surface area contributed by atoms with Crippen molar-refractivity contribution in [1.29, 1.82) is 0 Å². The van der Waals surface area contributed by atoms with Crippen LogP contribution in [0.4, 0.5) is 0 Å². The van der Waals surface area contributed by atoms with Gasteiger partial charge in [0.15, 0.2) is 0 Å². The van der Waals surface area contributed by atoms with Crippen molar-refractivity contribution in [1.82, 2.24) is 9.21 Å². The largest absolute Gasteiger partial charge is 0.480 e. The van der Waals surface area contributed by atoms with E-state index in [0.29, 0.717) is 31.7 Å². The molecule has 10 heteroatoms. The Balaban J connectivity index is 2.03. The van der Waals surface area contributed by atoms with Crippen LogP contribution < -0.4 is 0 Å². The standard InChI is InChI=1S/C14H24N2O5S3/c1-2-24(20,21)15-5-3-11(4-6-15)16(9-13(17)18)14(19)12-10-22-7-8-23-12/h11-12H,2-10H2,1H3,(H,17,18). The Labute approximate surface area is 151 Å². The van der Waals surface area contributed by atoms with Gasteiger partial charge < -0.3 is 10.0 Å². The molecule has 0 bridgehead atoms. The van der Waals surface area contributed by atoms with Crippen LogP contribution in [-0.4, -0.2) is 88.5 Å². The second-order valence-corrected chi connectivity index (χ2v) is 10.5. The molecule has 2 heterocycles. The molecule has 2 rings (SSSR count). The second-order valence-electron chi connectivity index (χ2n) is 5.83. The van der Waals surface area contributed by atoms with Crippen molar-refractivity contribution >= 4 is 45.4 Å². The van der Waals surface area contributed by atoms with Crippen molar-refractivity contribution in [3.63, 3.8) is 0 Å². The first kappa shape index (κ1) is 19.9. The molecule has 2 aliphatic rings. The van der Waals surface area contributed by atoms with Crippen molar-refractivity contribution < 1.29 is 23.1 Å². The molecule has 0 radical (unpaired) electrons. The summed E-state index contributed by atoms with van der Waals surface area (Å²) < 4.78 is 25.3. The molecule has 1 atom stereocenters. The van der Waals surface area contributed by atoms with Gasteiger partial charge in [0.1, 0.15) is 6.54 Å². The number of nitrogens with zero attached hydrogens (tertiary/aromatic N) is 2. The number of carbonyl (C=O) groups excluding carboxylic acids is 1. The number of amides is 1. The van der Waals surface area contributed by atoms with Gasteiger partial charge in [0.05, 0.1) is 11.0 Å². The molecule has 2 fully saturated rings. The molecule has 0 aromatic rings. The first-order chi connectivity index (χ1) is 11.3. The SMILES string of the molecule is CCS(=O)(=O)N1CCC(N(CC(=O)O)C(=O)C2CSCCS2)CC1. The third-order valence-corrected chi connectivity index (χ3v) is 8.93. The molecule has 1 amide bonds. The molecular formula is C14H24N2O5S3. The molecule has 2 aliphatic heterocycles. The van der Waals surface area contributed by atoms with Crippen molar-refractivity contribution in [2.45, 2.75) is 31.1 Å². The minimum atomic E-state index is -3.23. The summed E-state index contributed by atoms with van der Waals surface area (Å²) in [4.78, 5) is 25.4. The molecule has 0 aliphatic carbocycles. The van der Waals surface area contributed by atoms with Crippen molar-refractivity contribution in [3.8, 4) is 0 Å². The number of carbonyl (C=O) groups is 2.